The van der Waals surface area contributed by atoms with Gasteiger partial charge in [0.05, 0.1) is 7.11 Å². The quantitative estimate of drug-likeness (QED) is 0.855. The molecule has 5 nitrogen and oxygen atoms in total. The second-order valence-corrected chi connectivity index (χ2v) is 5.70. The van der Waals surface area contributed by atoms with Crippen molar-refractivity contribution >= 4 is 17.6 Å². The zero-order chi connectivity index (χ0) is 17.7. The number of nitrogens with one attached hydrogen (secondary N) is 1. The number of rotatable bonds is 5. The van der Waals surface area contributed by atoms with Crippen molar-refractivity contribution in [3.05, 3.63) is 58.7 Å². The van der Waals surface area contributed by atoms with Gasteiger partial charge >= 0.3 is 5.97 Å². The number of amides is 1. The first-order chi connectivity index (χ1) is 11.4. The smallest absolute Gasteiger partial charge is 0.342 e. The van der Waals surface area contributed by atoms with Gasteiger partial charge < -0.3 is 14.8 Å². The molecule has 0 heterocycles. The van der Waals surface area contributed by atoms with Crippen molar-refractivity contribution in [1.82, 2.24) is 0 Å². The Bertz CT molecular complexity index is 748. The highest BCUT2D eigenvalue weighted by Crippen LogP contribution is 2.20. The first-order valence-corrected chi connectivity index (χ1v) is 7.59. The van der Waals surface area contributed by atoms with Crippen LogP contribution in [0, 0.1) is 20.8 Å². The first-order valence-electron chi connectivity index (χ1n) is 7.59. The van der Waals surface area contributed by atoms with E-state index in [0.717, 1.165) is 16.7 Å². The first kappa shape index (κ1) is 17.5. The Morgan fingerprint density at radius 3 is 2.25 bits per heavy atom. The Balaban J connectivity index is 1.98. The fraction of sp³-hybridized carbons (Fsp3) is 0.263. The van der Waals surface area contributed by atoms with Crippen LogP contribution in [0.25, 0.3) is 0 Å². The van der Waals surface area contributed by atoms with Gasteiger partial charge in [-0.2, -0.15) is 0 Å². The van der Waals surface area contributed by atoms with Crippen molar-refractivity contribution in [3.63, 3.8) is 0 Å². The predicted molar refractivity (Wildman–Crippen MR) is 92.6 cm³/mol. The van der Waals surface area contributed by atoms with Crippen LogP contribution in [0.15, 0.2) is 36.4 Å². The Morgan fingerprint density at radius 2 is 1.62 bits per heavy atom. The maximum atomic E-state index is 12.2. The molecule has 0 aliphatic carbocycles. The highest BCUT2D eigenvalue weighted by Gasteiger charge is 2.15. The van der Waals surface area contributed by atoms with Crippen LogP contribution < -0.4 is 10.1 Å². The molecule has 2 rings (SSSR count). The average molecular weight is 327 g/mol. The van der Waals surface area contributed by atoms with Crippen LogP contribution in [0.2, 0.25) is 0 Å². The van der Waals surface area contributed by atoms with Crippen molar-refractivity contribution in [2.45, 2.75) is 20.8 Å². The summed E-state index contributed by atoms with van der Waals surface area (Å²) in [5, 5.41) is 2.72. The summed E-state index contributed by atoms with van der Waals surface area (Å²) in [5.41, 5.74) is 3.99. The molecule has 1 N–H and O–H groups in total. The Labute approximate surface area is 141 Å². The molecule has 0 saturated heterocycles. The molecule has 126 valence electrons. The van der Waals surface area contributed by atoms with E-state index in [-0.39, 0.29) is 12.5 Å². The van der Waals surface area contributed by atoms with Gasteiger partial charge in [0.1, 0.15) is 11.3 Å². The lowest BCUT2D eigenvalue weighted by molar-refractivity contribution is -0.119. The van der Waals surface area contributed by atoms with E-state index in [2.05, 4.69) is 5.32 Å². The van der Waals surface area contributed by atoms with E-state index >= 15 is 0 Å². The van der Waals surface area contributed by atoms with Gasteiger partial charge in [0, 0.05) is 5.69 Å². The molecule has 24 heavy (non-hydrogen) atoms. The molecule has 0 atom stereocenters. The molecular weight excluding hydrogens is 306 g/mol. The number of benzene rings is 2. The van der Waals surface area contributed by atoms with Crippen LogP contribution >= 0.6 is 0 Å². The van der Waals surface area contributed by atoms with Gasteiger partial charge in [0.2, 0.25) is 0 Å². The van der Waals surface area contributed by atoms with E-state index in [1.807, 2.05) is 45.0 Å². The minimum absolute atomic E-state index is 0.303. The largest absolute Gasteiger partial charge is 0.496 e. The van der Waals surface area contributed by atoms with E-state index in [1.54, 1.807) is 12.1 Å². The van der Waals surface area contributed by atoms with Gasteiger partial charge in [-0.15, -0.1) is 0 Å². The van der Waals surface area contributed by atoms with Crippen molar-refractivity contribution in [3.8, 4) is 5.75 Å². The number of esters is 1. The normalized spacial score (nSPS) is 10.2. The van der Waals surface area contributed by atoms with E-state index in [4.69, 9.17) is 9.47 Å². The van der Waals surface area contributed by atoms with Crippen LogP contribution in [-0.4, -0.2) is 25.6 Å². The minimum Gasteiger partial charge on any atom is -0.496 e. The maximum Gasteiger partial charge on any atom is 0.342 e. The van der Waals surface area contributed by atoms with Crippen LogP contribution in [0.4, 0.5) is 5.69 Å². The molecule has 0 aromatic heterocycles. The summed E-state index contributed by atoms with van der Waals surface area (Å²) >= 11 is 0. The summed E-state index contributed by atoms with van der Waals surface area (Å²) in [4.78, 5) is 24.1. The van der Waals surface area contributed by atoms with Gasteiger partial charge in [0.25, 0.3) is 5.91 Å². The lowest BCUT2D eigenvalue weighted by Crippen LogP contribution is -2.21. The van der Waals surface area contributed by atoms with Gasteiger partial charge in [-0.25, -0.2) is 4.79 Å². The fourth-order valence-electron chi connectivity index (χ4n) is 2.43. The number of anilines is 1. The number of hydrogen-bond acceptors (Lipinski definition) is 4. The van der Waals surface area contributed by atoms with Gasteiger partial charge in [-0.1, -0.05) is 17.7 Å². The summed E-state index contributed by atoms with van der Waals surface area (Å²) < 4.78 is 10.2. The summed E-state index contributed by atoms with van der Waals surface area (Å²) in [6.45, 7) is 5.41. The van der Waals surface area contributed by atoms with E-state index < -0.39 is 5.97 Å². The van der Waals surface area contributed by atoms with Crippen LogP contribution in [0.3, 0.4) is 0 Å². The Morgan fingerprint density at radius 1 is 0.958 bits per heavy atom. The molecule has 1 amide bonds. The molecule has 2 aromatic rings. The van der Waals surface area contributed by atoms with Crippen LogP contribution in [0.1, 0.15) is 27.0 Å². The zero-order valence-corrected chi connectivity index (χ0v) is 14.3. The topological polar surface area (TPSA) is 64.6 Å². The highest BCUT2D eigenvalue weighted by atomic mass is 16.5. The number of methoxy groups -OCH3 is 1. The summed E-state index contributed by atoms with van der Waals surface area (Å²) in [7, 11) is 1.48. The van der Waals surface area contributed by atoms with Crippen molar-refractivity contribution in [2.24, 2.45) is 0 Å². The van der Waals surface area contributed by atoms with Gasteiger partial charge in [-0.05, 0) is 56.2 Å². The van der Waals surface area contributed by atoms with Crippen molar-refractivity contribution < 1.29 is 19.1 Å². The molecular formula is C19H21NO4. The molecule has 0 fully saturated rings. The molecule has 0 aliphatic rings. The Kier molecular flexibility index (Phi) is 5.58. The Hall–Kier alpha value is -2.82. The third kappa shape index (κ3) is 4.59. The number of aryl methyl sites for hydroxylation is 3. The lowest BCUT2D eigenvalue weighted by atomic mass is 10.1. The highest BCUT2D eigenvalue weighted by molar-refractivity contribution is 5.97. The summed E-state index contributed by atoms with van der Waals surface area (Å²) in [5.74, 6) is -0.564. The number of ether oxygens (including phenoxy) is 2. The monoisotopic (exact) mass is 327 g/mol. The third-order valence-corrected chi connectivity index (χ3v) is 3.41. The van der Waals surface area contributed by atoms with Crippen molar-refractivity contribution in [1.29, 1.82) is 0 Å². The molecule has 0 bridgehead atoms. The SMILES string of the molecule is COc1ccc(C)cc1C(=O)OCC(=O)Nc1cc(C)cc(C)c1. The third-order valence-electron chi connectivity index (χ3n) is 3.41. The number of carbonyl (C=O) groups is 2. The maximum absolute atomic E-state index is 12.2. The summed E-state index contributed by atoms with van der Waals surface area (Å²) in [6, 6.07) is 10.9. The van der Waals surface area contributed by atoms with Gasteiger partial charge in [-0.3, -0.25) is 4.79 Å². The number of hydrogen-bond donors (Lipinski definition) is 1. The lowest BCUT2D eigenvalue weighted by Gasteiger charge is -2.10. The van der Waals surface area contributed by atoms with E-state index in [0.29, 0.717) is 17.0 Å². The molecule has 0 aliphatic heterocycles. The van der Waals surface area contributed by atoms with Crippen LogP contribution in [0.5, 0.6) is 5.75 Å². The predicted octanol–water partition coefficient (Wildman–Crippen LogP) is 3.42. The molecule has 0 radical (unpaired) electrons. The van der Waals surface area contributed by atoms with Crippen molar-refractivity contribution in [2.75, 3.05) is 19.0 Å². The fourth-order valence-corrected chi connectivity index (χ4v) is 2.43. The van der Waals surface area contributed by atoms with E-state index in [1.165, 1.54) is 7.11 Å². The second-order valence-electron chi connectivity index (χ2n) is 5.70. The second kappa shape index (κ2) is 7.64. The molecule has 0 saturated carbocycles. The standard InChI is InChI=1S/C19H21NO4/c1-12-5-6-17(23-4)16(10-12)19(22)24-11-18(21)20-15-8-13(2)7-14(3)9-15/h5-10H,11H2,1-4H3,(H,20,21). The summed E-state index contributed by atoms with van der Waals surface area (Å²) in [6.07, 6.45) is 0. The van der Waals surface area contributed by atoms with E-state index in [9.17, 15) is 9.59 Å². The van der Waals surface area contributed by atoms with Gasteiger partial charge in [0.15, 0.2) is 6.61 Å². The zero-order valence-electron chi connectivity index (χ0n) is 14.3. The minimum atomic E-state index is -0.592. The van der Waals surface area contributed by atoms with Crippen LogP contribution in [-0.2, 0) is 9.53 Å². The average Bonchev–Trinajstić information content (AvgIpc) is 2.51. The number of carbonyl (C=O) groups excluding carboxylic acids is 2. The molecule has 0 spiro atoms. The molecule has 0 unspecified atom stereocenters. The molecule has 5 heteroatoms. The molecule has 2 aromatic carbocycles.